The summed E-state index contributed by atoms with van der Waals surface area (Å²) in [5.74, 6) is 0.552. The number of hydrogen-bond donors (Lipinski definition) is 1. The van der Waals surface area contributed by atoms with E-state index in [1.807, 2.05) is 25.1 Å². The second kappa shape index (κ2) is 11.1. The SMILES string of the molecule is COC(=O)c1ccccc1O[C@H]1CCCc2c1c(-c1ccnc(N[C@@H](C)c3ccc4c(c3)OC(F)(F)O4)c1)nn2C1COC1. The van der Waals surface area contributed by atoms with Gasteiger partial charge in [-0.25, -0.2) is 9.78 Å². The highest BCUT2D eigenvalue weighted by molar-refractivity contribution is 5.92. The Hall–Kier alpha value is -4.71. The van der Waals surface area contributed by atoms with Gasteiger partial charge in [-0.1, -0.05) is 18.2 Å². The summed E-state index contributed by atoms with van der Waals surface area (Å²) in [5.41, 5.74) is 4.77. The third-order valence-corrected chi connectivity index (χ3v) is 8.10. The molecule has 0 unspecified atom stereocenters. The van der Waals surface area contributed by atoms with Crippen molar-refractivity contribution in [2.45, 2.75) is 50.7 Å². The third-order valence-electron chi connectivity index (χ3n) is 8.10. The monoisotopic (exact) mass is 604 g/mol. The number of aromatic nitrogens is 3. The number of fused-ring (bicyclic) bond motifs is 2. The van der Waals surface area contributed by atoms with Gasteiger partial charge in [-0.15, -0.1) is 8.78 Å². The summed E-state index contributed by atoms with van der Waals surface area (Å²) in [6.07, 6.45) is 0.175. The Kier molecular flexibility index (Phi) is 7.08. The van der Waals surface area contributed by atoms with Crippen LogP contribution in [0.5, 0.6) is 17.2 Å². The molecule has 44 heavy (non-hydrogen) atoms. The number of anilines is 1. The predicted octanol–water partition coefficient (Wildman–Crippen LogP) is 6.25. The van der Waals surface area contributed by atoms with E-state index in [0.29, 0.717) is 30.3 Å². The van der Waals surface area contributed by atoms with Crippen LogP contribution in [0.4, 0.5) is 14.6 Å². The molecule has 4 aromatic rings. The maximum absolute atomic E-state index is 13.5. The lowest BCUT2D eigenvalue weighted by Gasteiger charge is -2.30. The molecule has 3 aliphatic rings. The lowest BCUT2D eigenvalue weighted by molar-refractivity contribution is -0.286. The fourth-order valence-corrected chi connectivity index (χ4v) is 5.86. The van der Waals surface area contributed by atoms with Gasteiger partial charge in [-0.3, -0.25) is 4.68 Å². The average Bonchev–Trinajstić information content (AvgIpc) is 3.52. The Morgan fingerprint density at radius 3 is 2.73 bits per heavy atom. The minimum Gasteiger partial charge on any atom is -0.485 e. The van der Waals surface area contributed by atoms with Gasteiger partial charge in [0.1, 0.15) is 23.2 Å². The van der Waals surface area contributed by atoms with Crippen LogP contribution in [0.15, 0.2) is 60.8 Å². The topological polar surface area (TPSA) is 106 Å². The zero-order chi connectivity index (χ0) is 30.4. The molecule has 12 heteroatoms. The molecule has 2 aliphatic heterocycles. The number of nitrogens with one attached hydrogen (secondary N) is 1. The van der Waals surface area contributed by atoms with Crippen molar-refractivity contribution in [2.24, 2.45) is 0 Å². The number of rotatable bonds is 8. The number of pyridine rings is 1. The van der Waals surface area contributed by atoms with Gasteiger partial charge in [-0.05, 0) is 68.1 Å². The minimum atomic E-state index is -3.68. The molecular weight excluding hydrogens is 574 g/mol. The first-order valence-corrected chi connectivity index (χ1v) is 14.5. The van der Waals surface area contributed by atoms with Gasteiger partial charge >= 0.3 is 12.3 Å². The van der Waals surface area contributed by atoms with Gasteiger partial charge in [-0.2, -0.15) is 5.10 Å². The van der Waals surface area contributed by atoms with E-state index in [0.717, 1.165) is 47.3 Å². The van der Waals surface area contributed by atoms with Crippen molar-refractivity contribution in [1.82, 2.24) is 14.8 Å². The predicted molar refractivity (Wildman–Crippen MR) is 154 cm³/mol. The summed E-state index contributed by atoms with van der Waals surface area (Å²) >= 11 is 0. The quantitative estimate of drug-likeness (QED) is 0.234. The molecule has 2 aromatic carbocycles. The highest BCUT2D eigenvalue weighted by Gasteiger charge is 2.43. The van der Waals surface area contributed by atoms with Crippen LogP contribution in [0.1, 0.15) is 65.1 Å². The molecule has 2 aromatic heterocycles. The smallest absolute Gasteiger partial charge is 0.485 e. The van der Waals surface area contributed by atoms with Gasteiger partial charge < -0.3 is 29.0 Å². The molecule has 1 aliphatic carbocycles. The Morgan fingerprint density at radius 1 is 1.11 bits per heavy atom. The van der Waals surface area contributed by atoms with E-state index >= 15 is 0 Å². The van der Waals surface area contributed by atoms with Crippen LogP contribution in [0.2, 0.25) is 0 Å². The van der Waals surface area contributed by atoms with E-state index < -0.39 is 12.3 Å². The van der Waals surface area contributed by atoms with Crippen molar-refractivity contribution >= 4 is 11.8 Å². The minimum absolute atomic E-state index is 0.00530. The fourth-order valence-electron chi connectivity index (χ4n) is 5.86. The maximum Gasteiger partial charge on any atom is 0.586 e. The van der Waals surface area contributed by atoms with Crippen LogP contribution in [0.25, 0.3) is 11.3 Å². The number of alkyl halides is 2. The van der Waals surface area contributed by atoms with Crippen molar-refractivity contribution in [2.75, 3.05) is 25.6 Å². The molecule has 0 bridgehead atoms. The van der Waals surface area contributed by atoms with Crippen LogP contribution in [-0.4, -0.2) is 47.4 Å². The van der Waals surface area contributed by atoms with E-state index in [4.69, 9.17) is 19.3 Å². The van der Waals surface area contributed by atoms with Crippen molar-refractivity contribution in [3.05, 3.63) is 83.2 Å². The second-order valence-electron chi connectivity index (χ2n) is 11.0. The summed E-state index contributed by atoms with van der Waals surface area (Å²) in [4.78, 5) is 17.0. The van der Waals surface area contributed by atoms with Crippen molar-refractivity contribution in [3.63, 3.8) is 0 Å². The number of halogens is 2. The average molecular weight is 605 g/mol. The molecule has 4 heterocycles. The van der Waals surface area contributed by atoms with Crippen molar-refractivity contribution in [3.8, 4) is 28.5 Å². The molecule has 7 rings (SSSR count). The fraction of sp³-hybridized carbons (Fsp3) is 0.344. The first-order valence-electron chi connectivity index (χ1n) is 14.5. The molecule has 1 fully saturated rings. The van der Waals surface area contributed by atoms with Gasteiger partial charge in [0, 0.05) is 23.0 Å². The molecule has 0 spiro atoms. The molecule has 1 saturated heterocycles. The Labute approximate surface area is 251 Å². The number of carbonyl (C=O) groups excluding carboxylic acids is 1. The molecule has 10 nitrogen and oxygen atoms in total. The summed E-state index contributed by atoms with van der Waals surface area (Å²) in [6.45, 7) is 3.08. The van der Waals surface area contributed by atoms with Crippen LogP contribution < -0.4 is 19.5 Å². The van der Waals surface area contributed by atoms with Gasteiger partial charge in [0.25, 0.3) is 0 Å². The second-order valence-corrected chi connectivity index (χ2v) is 11.0. The normalized spacial score (nSPS) is 19.0. The molecule has 0 amide bonds. The molecule has 0 radical (unpaired) electrons. The number of benzene rings is 2. The van der Waals surface area contributed by atoms with E-state index in [1.54, 1.807) is 30.5 Å². The van der Waals surface area contributed by atoms with E-state index in [1.165, 1.54) is 19.2 Å². The summed E-state index contributed by atoms with van der Waals surface area (Å²) < 4.78 is 55.3. The highest BCUT2D eigenvalue weighted by Crippen LogP contribution is 2.44. The van der Waals surface area contributed by atoms with E-state index in [2.05, 4.69) is 24.5 Å². The number of nitrogens with zero attached hydrogens (tertiary/aromatic N) is 3. The van der Waals surface area contributed by atoms with Gasteiger partial charge in [0.15, 0.2) is 11.5 Å². The first kappa shape index (κ1) is 28.1. The standard InChI is InChI=1S/C32H30F2N4O6/c1-18(19-10-11-25-27(14-19)44-32(33,34)43-25)36-28-15-20(12-13-35-28)30-29-23(38(37-30)21-16-41-17-21)7-5-9-26(29)42-24-8-4-3-6-22(24)31(39)40-2/h3-4,6,8,10-15,18,21,26H,5,7,9,16-17H2,1-2H3,(H,35,36)/t18-,26-/m0/s1. The number of methoxy groups -OCH3 is 1. The van der Waals surface area contributed by atoms with Crippen LogP contribution >= 0.6 is 0 Å². The third kappa shape index (κ3) is 5.19. The zero-order valence-corrected chi connectivity index (χ0v) is 24.1. The first-order chi connectivity index (χ1) is 21.3. The number of esters is 1. The van der Waals surface area contributed by atoms with Crippen LogP contribution in [0, 0.1) is 0 Å². The Morgan fingerprint density at radius 2 is 1.93 bits per heavy atom. The van der Waals surface area contributed by atoms with Crippen molar-refractivity contribution < 1.29 is 37.3 Å². The number of para-hydroxylation sites is 1. The van der Waals surface area contributed by atoms with E-state index in [9.17, 15) is 13.6 Å². The molecule has 2 atom stereocenters. The highest BCUT2D eigenvalue weighted by atomic mass is 19.3. The summed E-state index contributed by atoms with van der Waals surface area (Å²) in [7, 11) is 1.35. The van der Waals surface area contributed by atoms with E-state index in [-0.39, 0.29) is 29.7 Å². The largest absolute Gasteiger partial charge is 0.586 e. The molecular formula is C32H30F2N4O6. The maximum atomic E-state index is 13.5. The Bertz CT molecular complexity index is 1720. The summed E-state index contributed by atoms with van der Waals surface area (Å²) in [6, 6.07) is 15.4. The van der Waals surface area contributed by atoms with Gasteiger partial charge in [0.2, 0.25) is 0 Å². The zero-order valence-electron chi connectivity index (χ0n) is 24.1. The lowest BCUT2D eigenvalue weighted by atomic mass is 9.90. The lowest BCUT2D eigenvalue weighted by Crippen LogP contribution is -2.33. The molecule has 0 saturated carbocycles. The molecule has 1 N–H and O–H groups in total. The van der Waals surface area contributed by atoms with Crippen molar-refractivity contribution in [1.29, 1.82) is 0 Å². The van der Waals surface area contributed by atoms with Crippen LogP contribution in [0.3, 0.4) is 0 Å². The number of hydrogen-bond acceptors (Lipinski definition) is 9. The summed E-state index contributed by atoms with van der Waals surface area (Å²) in [5, 5.41) is 8.45. The Balaban J connectivity index is 1.21. The number of carbonyl (C=O) groups is 1. The van der Waals surface area contributed by atoms with Crippen LogP contribution in [-0.2, 0) is 15.9 Å². The van der Waals surface area contributed by atoms with Gasteiger partial charge in [0.05, 0.1) is 38.1 Å². The number of ether oxygens (including phenoxy) is 5. The molecule has 228 valence electrons.